The number of benzene rings is 1. The fourth-order valence-corrected chi connectivity index (χ4v) is 4.04. The molecule has 3 rings (SSSR count). The van der Waals surface area contributed by atoms with Gasteiger partial charge in [0.15, 0.2) is 5.13 Å². The summed E-state index contributed by atoms with van der Waals surface area (Å²) in [5, 5.41) is 3.60. The Kier molecular flexibility index (Phi) is 3.91. The van der Waals surface area contributed by atoms with Gasteiger partial charge in [-0.15, -0.1) is 11.3 Å². The molecule has 0 unspecified atom stereocenters. The van der Waals surface area contributed by atoms with E-state index in [0.29, 0.717) is 10.7 Å². The van der Waals surface area contributed by atoms with Crippen molar-refractivity contribution in [2.24, 2.45) is 0 Å². The van der Waals surface area contributed by atoms with E-state index in [0.717, 1.165) is 26.6 Å². The van der Waals surface area contributed by atoms with E-state index in [-0.39, 0.29) is 5.91 Å². The summed E-state index contributed by atoms with van der Waals surface area (Å²) in [6.07, 6.45) is 3.31. The molecule has 0 spiro atoms. The number of fused-ring (bicyclic) bond motifs is 1. The second kappa shape index (κ2) is 5.49. The fourth-order valence-electron chi connectivity index (χ4n) is 2.08. The molecule has 98 valence electrons. The fraction of sp³-hybridized carbons (Fsp3) is 0.231. The highest BCUT2D eigenvalue weighted by molar-refractivity contribution is 14.1. The zero-order valence-corrected chi connectivity index (χ0v) is 14.4. The second-order valence-electron chi connectivity index (χ2n) is 4.32. The molecule has 1 amide bonds. The van der Waals surface area contributed by atoms with E-state index in [9.17, 15) is 4.79 Å². The van der Waals surface area contributed by atoms with E-state index in [1.807, 2.05) is 18.2 Å². The highest BCUT2D eigenvalue weighted by Crippen LogP contribution is 2.31. The van der Waals surface area contributed by atoms with Crippen molar-refractivity contribution < 1.29 is 4.79 Å². The molecule has 0 fully saturated rings. The van der Waals surface area contributed by atoms with Crippen molar-refractivity contribution in [1.29, 1.82) is 0 Å². The Hall–Kier alpha value is -0.470. The lowest BCUT2D eigenvalue weighted by Gasteiger charge is -2.05. The van der Waals surface area contributed by atoms with Gasteiger partial charge in [-0.05, 0) is 76.0 Å². The van der Waals surface area contributed by atoms with Gasteiger partial charge in [-0.2, -0.15) is 0 Å². The van der Waals surface area contributed by atoms with Gasteiger partial charge in [0.05, 0.1) is 11.3 Å². The lowest BCUT2D eigenvalue weighted by molar-refractivity contribution is 0.102. The molecule has 2 aromatic rings. The minimum Gasteiger partial charge on any atom is -0.298 e. The molecule has 1 aromatic heterocycles. The quantitative estimate of drug-likeness (QED) is 0.697. The van der Waals surface area contributed by atoms with Crippen LogP contribution in [0.25, 0.3) is 0 Å². The van der Waals surface area contributed by atoms with Crippen molar-refractivity contribution in [3.63, 3.8) is 0 Å². The molecule has 19 heavy (non-hydrogen) atoms. The number of nitrogens with zero attached hydrogens (tertiary/aromatic N) is 1. The Labute approximate surface area is 137 Å². The maximum Gasteiger partial charge on any atom is 0.258 e. The van der Waals surface area contributed by atoms with Crippen molar-refractivity contribution in [2.75, 3.05) is 5.32 Å². The molecule has 1 aliphatic rings. The van der Waals surface area contributed by atoms with Crippen molar-refractivity contribution in [3.05, 3.63) is 42.4 Å². The number of nitrogens with one attached hydrogen (secondary N) is 1. The standard InChI is InChI=1S/C13H10BrIN2OS/c14-9-5-4-7(15)6-8(9)12(18)17-13-16-10-2-1-3-11(10)19-13/h4-6H,1-3H2,(H,16,17,18). The van der Waals surface area contributed by atoms with Crippen LogP contribution < -0.4 is 5.32 Å². The number of amides is 1. The number of hydrogen-bond acceptors (Lipinski definition) is 3. The molecule has 1 heterocycles. The van der Waals surface area contributed by atoms with Gasteiger partial charge < -0.3 is 0 Å². The molecule has 6 heteroatoms. The Balaban J connectivity index is 1.82. The number of carbonyl (C=O) groups excluding carboxylic acids is 1. The van der Waals surface area contributed by atoms with Crippen LogP contribution in [0, 0.1) is 3.57 Å². The second-order valence-corrected chi connectivity index (χ2v) is 7.50. The summed E-state index contributed by atoms with van der Waals surface area (Å²) in [5.41, 5.74) is 1.80. The van der Waals surface area contributed by atoms with E-state index in [2.05, 4.69) is 48.8 Å². The highest BCUT2D eigenvalue weighted by Gasteiger charge is 2.19. The van der Waals surface area contributed by atoms with Gasteiger partial charge >= 0.3 is 0 Å². The van der Waals surface area contributed by atoms with Crippen molar-refractivity contribution in [2.45, 2.75) is 19.3 Å². The summed E-state index contributed by atoms with van der Waals surface area (Å²) in [6.45, 7) is 0. The molecule has 1 N–H and O–H groups in total. The summed E-state index contributed by atoms with van der Waals surface area (Å²) < 4.78 is 1.84. The molecule has 1 aromatic carbocycles. The molecule has 0 saturated carbocycles. The number of halogens is 2. The number of rotatable bonds is 2. The van der Waals surface area contributed by atoms with E-state index in [4.69, 9.17) is 0 Å². The normalized spacial score (nSPS) is 13.4. The molecule has 3 nitrogen and oxygen atoms in total. The molecular formula is C13H10BrIN2OS. The van der Waals surface area contributed by atoms with Crippen LogP contribution in [-0.4, -0.2) is 10.9 Å². The van der Waals surface area contributed by atoms with Crippen LogP contribution in [-0.2, 0) is 12.8 Å². The summed E-state index contributed by atoms with van der Waals surface area (Å²) in [7, 11) is 0. The lowest BCUT2D eigenvalue weighted by atomic mass is 10.2. The van der Waals surface area contributed by atoms with E-state index in [1.165, 1.54) is 11.3 Å². The first-order chi connectivity index (χ1) is 9.13. The average molecular weight is 449 g/mol. The minimum absolute atomic E-state index is 0.113. The molecule has 0 bridgehead atoms. The van der Waals surface area contributed by atoms with E-state index < -0.39 is 0 Å². The number of aryl methyl sites for hydroxylation is 2. The average Bonchev–Trinajstić information content (AvgIpc) is 2.92. The van der Waals surface area contributed by atoms with Crippen LogP contribution >= 0.6 is 49.9 Å². The summed E-state index contributed by atoms with van der Waals surface area (Å²) >= 11 is 7.20. The predicted octanol–water partition coefficient (Wildman–Crippen LogP) is 4.25. The molecule has 0 saturated heterocycles. The van der Waals surface area contributed by atoms with Gasteiger partial charge in [-0.1, -0.05) is 0 Å². The Morgan fingerprint density at radius 1 is 1.42 bits per heavy atom. The number of aromatic nitrogens is 1. The third-order valence-corrected chi connectivity index (χ3v) is 5.42. The zero-order valence-electron chi connectivity index (χ0n) is 9.87. The van der Waals surface area contributed by atoms with Crippen molar-refractivity contribution in [3.8, 4) is 0 Å². The van der Waals surface area contributed by atoms with Crippen LogP contribution in [0.1, 0.15) is 27.3 Å². The SMILES string of the molecule is O=C(Nc1nc2c(s1)CCC2)c1cc(I)ccc1Br. The third-order valence-electron chi connectivity index (χ3n) is 2.99. The largest absolute Gasteiger partial charge is 0.298 e. The Morgan fingerprint density at radius 3 is 3.05 bits per heavy atom. The number of thiazole rings is 1. The predicted molar refractivity (Wildman–Crippen MR) is 89.0 cm³/mol. The number of hydrogen-bond donors (Lipinski definition) is 1. The summed E-state index contributed by atoms with van der Waals surface area (Å²) in [4.78, 5) is 18.0. The smallest absolute Gasteiger partial charge is 0.258 e. The molecular weight excluding hydrogens is 439 g/mol. The first kappa shape index (κ1) is 13.5. The zero-order chi connectivity index (χ0) is 13.4. The van der Waals surface area contributed by atoms with Gasteiger partial charge in [0.25, 0.3) is 5.91 Å². The van der Waals surface area contributed by atoms with Gasteiger partial charge in [-0.25, -0.2) is 4.98 Å². The maximum atomic E-state index is 12.2. The Bertz CT molecular complexity index is 635. The summed E-state index contributed by atoms with van der Waals surface area (Å²) in [5.74, 6) is -0.113. The monoisotopic (exact) mass is 448 g/mol. The lowest BCUT2D eigenvalue weighted by Crippen LogP contribution is -2.12. The van der Waals surface area contributed by atoms with Crippen LogP contribution in [0.3, 0.4) is 0 Å². The van der Waals surface area contributed by atoms with Crippen molar-refractivity contribution in [1.82, 2.24) is 4.98 Å². The van der Waals surface area contributed by atoms with Gasteiger partial charge in [-0.3, -0.25) is 10.1 Å². The van der Waals surface area contributed by atoms with Crippen LogP contribution in [0.5, 0.6) is 0 Å². The van der Waals surface area contributed by atoms with Gasteiger partial charge in [0, 0.05) is 12.9 Å². The maximum absolute atomic E-state index is 12.2. The van der Waals surface area contributed by atoms with Crippen LogP contribution in [0.2, 0.25) is 0 Å². The first-order valence-corrected chi connectivity index (χ1v) is 8.57. The minimum atomic E-state index is -0.113. The molecule has 0 atom stereocenters. The van der Waals surface area contributed by atoms with Crippen LogP contribution in [0.15, 0.2) is 22.7 Å². The van der Waals surface area contributed by atoms with Crippen molar-refractivity contribution >= 4 is 60.9 Å². The molecule has 0 aliphatic heterocycles. The number of carbonyl (C=O) groups is 1. The molecule has 0 radical (unpaired) electrons. The van der Waals surface area contributed by atoms with E-state index >= 15 is 0 Å². The third kappa shape index (κ3) is 2.85. The first-order valence-electron chi connectivity index (χ1n) is 5.88. The van der Waals surface area contributed by atoms with Gasteiger partial charge in [0.2, 0.25) is 0 Å². The van der Waals surface area contributed by atoms with E-state index in [1.54, 1.807) is 11.3 Å². The Morgan fingerprint density at radius 2 is 2.26 bits per heavy atom. The highest BCUT2D eigenvalue weighted by atomic mass is 127. The summed E-state index contributed by atoms with van der Waals surface area (Å²) in [6, 6.07) is 5.71. The van der Waals surface area contributed by atoms with Crippen LogP contribution in [0.4, 0.5) is 5.13 Å². The number of anilines is 1. The molecule has 1 aliphatic carbocycles. The topological polar surface area (TPSA) is 42.0 Å². The van der Waals surface area contributed by atoms with Gasteiger partial charge in [0.1, 0.15) is 0 Å².